The molecule has 2 rings (SSSR count). The zero-order valence-electron chi connectivity index (χ0n) is 10.7. The molecule has 0 bridgehead atoms. The van der Waals surface area contributed by atoms with Crippen LogP contribution in [-0.4, -0.2) is 29.8 Å². The Hall–Kier alpha value is -1.52. The molecule has 20 heavy (non-hydrogen) atoms. The van der Waals surface area contributed by atoms with Crippen LogP contribution < -0.4 is 5.73 Å². The van der Waals surface area contributed by atoms with Crippen molar-refractivity contribution in [2.24, 2.45) is 11.7 Å². The SMILES string of the molecule is NC(=O)C1CCN(C(=O)/C=C/c2cccc(Cl)c2Cl)C1. The minimum absolute atomic E-state index is 0.162. The number of primary amides is 1. The van der Waals surface area contributed by atoms with E-state index in [0.29, 0.717) is 35.1 Å². The first-order valence-electron chi connectivity index (χ1n) is 6.19. The van der Waals surface area contributed by atoms with E-state index in [0.717, 1.165) is 0 Å². The average Bonchev–Trinajstić information content (AvgIpc) is 2.90. The van der Waals surface area contributed by atoms with Crippen molar-refractivity contribution in [1.29, 1.82) is 0 Å². The third-order valence-corrected chi connectivity index (χ3v) is 4.12. The van der Waals surface area contributed by atoms with Crippen molar-refractivity contribution in [2.45, 2.75) is 6.42 Å². The summed E-state index contributed by atoms with van der Waals surface area (Å²) in [6.07, 6.45) is 3.67. The third kappa shape index (κ3) is 3.32. The lowest BCUT2D eigenvalue weighted by atomic mass is 10.1. The molecule has 1 fully saturated rings. The Balaban J connectivity index is 2.03. The lowest BCUT2D eigenvalue weighted by molar-refractivity contribution is -0.125. The van der Waals surface area contributed by atoms with Crippen molar-refractivity contribution < 1.29 is 9.59 Å². The number of carbonyl (C=O) groups is 2. The van der Waals surface area contributed by atoms with Gasteiger partial charge in [0, 0.05) is 19.2 Å². The first-order valence-corrected chi connectivity index (χ1v) is 6.95. The number of carbonyl (C=O) groups excluding carboxylic acids is 2. The molecule has 0 aromatic heterocycles. The number of benzene rings is 1. The second-order valence-corrected chi connectivity index (χ2v) is 5.43. The van der Waals surface area contributed by atoms with Gasteiger partial charge in [0.05, 0.1) is 16.0 Å². The summed E-state index contributed by atoms with van der Waals surface area (Å²) in [5.41, 5.74) is 5.91. The molecule has 1 saturated heterocycles. The molecular weight excluding hydrogens is 299 g/mol. The molecule has 6 heteroatoms. The van der Waals surface area contributed by atoms with Crippen LogP contribution >= 0.6 is 23.2 Å². The first-order chi connectivity index (χ1) is 9.49. The fraction of sp³-hybridized carbons (Fsp3) is 0.286. The van der Waals surface area contributed by atoms with Gasteiger partial charge in [0.2, 0.25) is 11.8 Å². The molecule has 4 nitrogen and oxygen atoms in total. The van der Waals surface area contributed by atoms with Gasteiger partial charge in [0.25, 0.3) is 0 Å². The zero-order chi connectivity index (χ0) is 14.7. The molecule has 1 aliphatic rings. The van der Waals surface area contributed by atoms with E-state index in [2.05, 4.69) is 0 Å². The van der Waals surface area contributed by atoms with Gasteiger partial charge in [-0.2, -0.15) is 0 Å². The summed E-state index contributed by atoms with van der Waals surface area (Å²) in [7, 11) is 0. The number of rotatable bonds is 3. The maximum absolute atomic E-state index is 12.0. The summed E-state index contributed by atoms with van der Waals surface area (Å²) in [5.74, 6) is -0.769. The largest absolute Gasteiger partial charge is 0.369 e. The van der Waals surface area contributed by atoms with Crippen LogP contribution in [0, 0.1) is 5.92 Å². The number of nitrogens with zero attached hydrogens (tertiary/aromatic N) is 1. The lowest BCUT2D eigenvalue weighted by Gasteiger charge is -2.13. The number of hydrogen-bond donors (Lipinski definition) is 1. The van der Waals surface area contributed by atoms with Crippen molar-refractivity contribution in [3.63, 3.8) is 0 Å². The highest BCUT2D eigenvalue weighted by Gasteiger charge is 2.28. The topological polar surface area (TPSA) is 63.4 Å². The summed E-state index contributed by atoms with van der Waals surface area (Å²) >= 11 is 11.9. The van der Waals surface area contributed by atoms with E-state index in [1.807, 2.05) is 0 Å². The van der Waals surface area contributed by atoms with Crippen LogP contribution in [0.2, 0.25) is 10.0 Å². The molecule has 1 aromatic rings. The average molecular weight is 313 g/mol. The highest BCUT2D eigenvalue weighted by atomic mass is 35.5. The molecule has 2 N–H and O–H groups in total. The molecule has 1 aromatic carbocycles. The van der Waals surface area contributed by atoms with Crippen LogP contribution in [0.4, 0.5) is 0 Å². The maximum atomic E-state index is 12.0. The number of likely N-dealkylation sites (tertiary alicyclic amines) is 1. The number of halogens is 2. The van der Waals surface area contributed by atoms with E-state index >= 15 is 0 Å². The van der Waals surface area contributed by atoms with Gasteiger partial charge in [-0.3, -0.25) is 9.59 Å². The van der Waals surface area contributed by atoms with Crippen LogP contribution in [0.25, 0.3) is 6.08 Å². The normalized spacial score (nSPS) is 18.7. The smallest absolute Gasteiger partial charge is 0.246 e. The van der Waals surface area contributed by atoms with Crippen LogP contribution in [0.1, 0.15) is 12.0 Å². The highest BCUT2D eigenvalue weighted by Crippen LogP contribution is 2.26. The van der Waals surface area contributed by atoms with Gasteiger partial charge in [0.15, 0.2) is 0 Å². The molecule has 1 aliphatic heterocycles. The third-order valence-electron chi connectivity index (χ3n) is 3.29. The molecule has 106 valence electrons. The van der Waals surface area contributed by atoms with Gasteiger partial charge in [-0.05, 0) is 24.1 Å². The van der Waals surface area contributed by atoms with Gasteiger partial charge in [-0.1, -0.05) is 35.3 Å². The monoisotopic (exact) mass is 312 g/mol. The lowest BCUT2D eigenvalue weighted by Crippen LogP contribution is -2.30. The van der Waals surface area contributed by atoms with E-state index in [9.17, 15) is 9.59 Å². The highest BCUT2D eigenvalue weighted by molar-refractivity contribution is 6.42. The van der Waals surface area contributed by atoms with E-state index < -0.39 is 0 Å². The summed E-state index contributed by atoms with van der Waals surface area (Å²) in [6.45, 7) is 0.918. The Morgan fingerprint density at radius 1 is 1.35 bits per heavy atom. The van der Waals surface area contributed by atoms with Crippen LogP contribution in [0.15, 0.2) is 24.3 Å². The first kappa shape index (κ1) is 14.9. The van der Waals surface area contributed by atoms with Gasteiger partial charge in [0.1, 0.15) is 0 Å². The Labute approximate surface area is 127 Å². The van der Waals surface area contributed by atoms with E-state index in [1.165, 1.54) is 6.08 Å². The van der Waals surface area contributed by atoms with E-state index in [-0.39, 0.29) is 17.7 Å². The molecule has 1 atom stereocenters. The van der Waals surface area contributed by atoms with Crippen LogP contribution in [-0.2, 0) is 9.59 Å². The number of amides is 2. The Morgan fingerprint density at radius 3 is 2.75 bits per heavy atom. The molecule has 2 amide bonds. The molecule has 0 aliphatic carbocycles. The predicted molar refractivity (Wildman–Crippen MR) is 79.4 cm³/mol. The van der Waals surface area contributed by atoms with Crippen LogP contribution in [0.3, 0.4) is 0 Å². The maximum Gasteiger partial charge on any atom is 0.246 e. The fourth-order valence-corrected chi connectivity index (χ4v) is 2.48. The van der Waals surface area contributed by atoms with Crippen molar-refractivity contribution >= 4 is 41.1 Å². The molecule has 1 unspecified atom stereocenters. The molecule has 1 heterocycles. The standard InChI is InChI=1S/C14H14Cl2N2O2/c15-11-3-1-2-9(13(11)16)4-5-12(19)18-7-6-10(8-18)14(17)20/h1-5,10H,6-8H2,(H2,17,20)/b5-4+. The van der Waals surface area contributed by atoms with Crippen molar-refractivity contribution in [2.75, 3.05) is 13.1 Å². The zero-order valence-corrected chi connectivity index (χ0v) is 12.2. The van der Waals surface area contributed by atoms with Crippen molar-refractivity contribution in [1.82, 2.24) is 4.90 Å². The second kappa shape index (κ2) is 6.29. The summed E-state index contributed by atoms with van der Waals surface area (Å²) in [6, 6.07) is 5.21. The Morgan fingerprint density at radius 2 is 2.10 bits per heavy atom. The summed E-state index contributed by atoms with van der Waals surface area (Å²) in [4.78, 5) is 24.7. The Kier molecular flexibility index (Phi) is 4.68. The van der Waals surface area contributed by atoms with Crippen molar-refractivity contribution in [3.8, 4) is 0 Å². The molecule has 0 spiro atoms. The number of hydrogen-bond acceptors (Lipinski definition) is 2. The number of nitrogens with two attached hydrogens (primary N) is 1. The minimum Gasteiger partial charge on any atom is -0.369 e. The van der Waals surface area contributed by atoms with Gasteiger partial charge >= 0.3 is 0 Å². The summed E-state index contributed by atoms with van der Waals surface area (Å²) < 4.78 is 0. The molecular formula is C14H14Cl2N2O2. The van der Waals surface area contributed by atoms with Gasteiger partial charge < -0.3 is 10.6 Å². The summed E-state index contributed by atoms with van der Waals surface area (Å²) in [5, 5.41) is 0.853. The van der Waals surface area contributed by atoms with Crippen molar-refractivity contribution in [3.05, 3.63) is 39.9 Å². The molecule has 0 saturated carbocycles. The quantitative estimate of drug-likeness (QED) is 0.871. The fourth-order valence-electron chi connectivity index (χ4n) is 2.11. The van der Waals surface area contributed by atoms with Crippen LogP contribution in [0.5, 0.6) is 0 Å². The van der Waals surface area contributed by atoms with Gasteiger partial charge in [-0.15, -0.1) is 0 Å². The van der Waals surface area contributed by atoms with E-state index in [4.69, 9.17) is 28.9 Å². The second-order valence-electron chi connectivity index (χ2n) is 4.65. The van der Waals surface area contributed by atoms with E-state index in [1.54, 1.807) is 29.2 Å². The van der Waals surface area contributed by atoms with Gasteiger partial charge in [-0.25, -0.2) is 0 Å². The minimum atomic E-state index is -0.359. The molecule has 0 radical (unpaired) electrons. The Bertz CT molecular complexity index is 572. The predicted octanol–water partition coefficient (Wildman–Crippen LogP) is 2.34.